The Balaban J connectivity index is 2.74. The molecule has 0 N–H and O–H groups in total. The van der Waals surface area contributed by atoms with Gasteiger partial charge in [-0.3, -0.25) is 4.90 Å². The average molecular weight is 262 g/mol. The van der Waals surface area contributed by atoms with Crippen molar-refractivity contribution in [3.63, 3.8) is 0 Å². The highest BCUT2D eigenvalue weighted by Crippen LogP contribution is 2.14. The van der Waals surface area contributed by atoms with Gasteiger partial charge >= 0.3 is 0 Å². The van der Waals surface area contributed by atoms with Crippen molar-refractivity contribution in [2.75, 3.05) is 19.0 Å². The van der Waals surface area contributed by atoms with Gasteiger partial charge < -0.3 is 0 Å². The predicted octanol–water partition coefficient (Wildman–Crippen LogP) is 3.61. The van der Waals surface area contributed by atoms with Gasteiger partial charge in [-0.1, -0.05) is 23.8 Å². The van der Waals surface area contributed by atoms with E-state index in [0.717, 1.165) is 16.7 Å². The fourth-order valence-corrected chi connectivity index (χ4v) is 2.00. The van der Waals surface area contributed by atoms with E-state index >= 15 is 0 Å². The van der Waals surface area contributed by atoms with Crippen LogP contribution in [-0.4, -0.2) is 30.3 Å². The molecule has 4 heteroatoms. The first kappa shape index (κ1) is 14.4. The zero-order valence-corrected chi connectivity index (χ0v) is 11.0. The standard InChI is InChI=1S/C13H18ClF2N/c1-10-3-4-11(2)12(7-10)8-17(6-5-14)9-13(15)16/h3-4,7,13H,5-6,8-9H2,1-2H3. The van der Waals surface area contributed by atoms with Crippen LogP contribution in [0.5, 0.6) is 0 Å². The van der Waals surface area contributed by atoms with E-state index in [1.54, 1.807) is 4.90 Å². The summed E-state index contributed by atoms with van der Waals surface area (Å²) in [5.41, 5.74) is 3.37. The van der Waals surface area contributed by atoms with Gasteiger partial charge in [-0.15, -0.1) is 11.6 Å². The van der Waals surface area contributed by atoms with Crippen molar-refractivity contribution in [2.24, 2.45) is 0 Å². The zero-order chi connectivity index (χ0) is 12.8. The Labute approximate surface area is 106 Å². The van der Waals surface area contributed by atoms with Crippen LogP contribution in [0.3, 0.4) is 0 Å². The summed E-state index contributed by atoms with van der Waals surface area (Å²) in [5, 5.41) is 0. The van der Waals surface area contributed by atoms with Gasteiger partial charge in [0.1, 0.15) is 0 Å². The molecule has 17 heavy (non-hydrogen) atoms. The minimum Gasteiger partial charge on any atom is -0.292 e. The van der Waals surface area contributed by atoms with Gasteiger partial charge in [0.05, 0.1) is 6.54 Å². The van der Waals surface area contributed by atoms with E-state index in [0.29, 0.717) is 19.0 Å². The lowest BCUT2D eigenvalue weighted by molar-refractivity contribution is 0.0877. The summed E-state index contributed by atoms with van der Waals surface area (Å²) >= 11 is 5.63. The molecule has 0 aromatic heterocycles. The molecular formula is C13H18ClF2N. The number of benzene rings is 1. The lowest BCUT2D eigenvalue weighted by atomic mass is 10.1. The molecule has 1 rings (SSSR count). The molecule has 0 saturated carbocycles. The Bertz CT molecular complexity index is 355. The number of aryl methyl sites for hydroxylation is 2. The molecule has 0 bridgehead atoms. The summed E-state index contributed by atoms with van der Waals surface area (Å²) < 4.78 is 24.8. The molecule has 0 spiro atoms. The van der Waals surface area contributed by atoms with Crippen molar-refractivity contribution in [3.8, 4) is 0 Å². The molecule has 1 nitrogen and oxygen atoms in total. The van der Waals surface area contributed by atoms with E-state index < -0.39 is 6.43 Å². The molecule has 0 amide bonds. The molecule has 0 heterocycles. The van der Waals surface area contributed by atoms with Crippen LogP contribution in [0.2, 0.25) is 0 Å². The van der Waals surface area contributed by atoms with Crippen molar-refractivity contribution < 1.29 is 8.78 Å². The lowest BCUT2D eigenvalue weighted by Crippen LogP contribution is -2.30. The van der Waals surface area contributed by atoms with Crippen LogP contribution >= 0.6 is 11.6 Å². The van der Waals surface area contributed by atoms with Crippen molar-refractivity contribution in [3.05, 3.63) is 34.9 Å². The number of halogens is 3. The first-order valence-corrected chi connectivity index (χ1v) is 6.19. The first-order valence-electron chi connectivity index (χ1n) is 5.65. The predicted molar refractivity (Wildman–Crippen MR) is 67.9 cm³/mol. The summed E-state index contributed by atoms with van der Waals surface area (Å²) in [7, 11) is 0. The Morgan fingerprint density at radius 2 is 2.00 bits per heavy atom. The SMILES string of the molecule is Cc1ccc(C)c(CN(CCCl)CC(F)F)c1. The minimum absolute atomic E-state index is 0.222. The molecule has 1 aromatic carbocycles. The third-order valence-corrected chi connectivity index (χ3v) is 2.86. The molecule has 0 fully saturated rings. The smallest absolute Gasteiger partial charge is 0.251 e. The summed E-state index contributed by atoms with van der Waals surface area (Å²) in [4.78, 5) is 1.69. The molecule has 0 aliphatic heterocycles. The molecule has 0 aliphatic carbocycles. The maximum Gasteiger partial charge on any atom is 0.251 e. The van der Waals surface area contributed by atoms with Crippen LogP contribution in [0.25, 0.3) is 0 Å². The second-order valence-corrected chi connectivity index (χ2v) is 4.62. The molecule has 0 saturated heterocycles. The van der Waals surface area contributed by atoms with E-state index in [4.69, 9.17) is 11.6 Å². The quantitative estimate of drug-likeness (QED) is 0.707. The molecule has 0 radical (unpaired) electrons. The summed E-state index contributed by atoms with van der Waals surface area (Å²) in [6, 6.07) is 6.09. The number of hydrogen-bond donors (Lipinski definition) is 0. The number of rotatable bonds is 6. The van der Waals surface area contributed by atoms with Gasteiger partial charge in [-0.05, 0) is 25.0 Å². The second kappa shape index (κ2) is 6.92. The molecular weight excluding hydrogens is 244 g/mol. The summed E-state index contributed by atoms with van der Waals surface area (Å²) in [5.74, 6) is 0.373. The summed E-state index contributed by atoms with van der Waals surface area (Å²) in [6.45, 7) is 4.79. The van der Waals surface area contributed by atoms with Crippen LogP contribution in [0.4, 0.5) is 8.78 Å². The number of nitrogens with zero attached hydrogens (tertiary/aromatic N) is 1. The summed E-state index contributed by atoms with van der Waals surface area (Å²) in [6.07, 6.45) is -2.32. The normalized spacial score (nSPS) is 11.5. The van der Waals surface area contributed by atoms with Crippen molar-refractivity contribution in [1.82, 2.24) is 4.90 Å². The van der Waals surface area contributed by atoms with Crippen molar-refractivity contribution in [1.29, 1.82) is 0 Å². The molecule has 96 valence electrons. The second-order valence-electron chi connectivity index (χ2n) is 4.25. The molecule has 0 aliphatic rings. The monoisotopic (exact) mass is 261 g/mol. The fraction of sp³-hybridized carbons (Fsp3) is 0.538. The van der Waals surface area contributed by atoms with E-state index in [1.165, 1.54) is 0 Å². The Kier molecular flexibility index (Phi) is 5.86. The third-order valence-electron chi connectivity index (χ3n) is 2.70. The van der Waals surface area contributed by atoms with Gasteiger partial charge in [-0.25, -0.2) is 8.78 Å². The van der Waals surface area contributed by atoms with E-state index in [-0.39, 0.29) is 6.54 Å². The number of hydrogen-bond acceptors (Lipinski definition) is 1. The highest BCUT2D eigenvalue weighted by atomic mass is 35.5. The van der Waals surface area contributed by atoms with Crippen LogP contribution in [0, 0.1) is 13.8 Å². The van der Waals surface area contributed by atoms with Crippen molar-refractivity contribution >= 4 is 11.6 Å². The molecule has 0 atom stereocenters. The Morgan fingerprint density at radius 3 is 2.59 bits per heavy atom. The van der Waals surface area contributed by atoms with Crippen LogP contribution < -0.4 is 0 Å². The minimum atomic E-state index is -2.32. The van der Waals surface area contributed by atoms with E-state index in [9.17, 15) is 8.78 Å². The highest BCUT2D eigenvalue weighted by Gasteiger charge is 2.13. The maximum absolute atomic E-state index is 12.4. The van der Waals surface area contributed by atoms with Crippen LogP contribution in [0.15, 0.2) is 18.2 Å². The van der Waals surface area contributed by atoms with E-state index in [2.05, 4.69) is 0 Å². The first-order chi connectivity index (χ1) is 8.02. The highest BCUT2D eigenvalue weighted by molar-refractivity contribution is 6.18. The van der Waals surface area contributed by atoms with Crippen LogP contribution in [0.1, 0.15) is 16.7 Å². The average Bonchev–Trinajstić information content (AvgIpc) is 2.23. The lowest BCUT2D eigenvalue weighted by Gasteiger charge is -2.22. The fourth-order valence-electron chi connectivity index (χ4n) is 1.76. The zero-order valence-electron chi connectivity index (χ0n) is 10.2. The van der Waals surface area contributed by atoms with Gasteiger partial charge in [-0.2, -0.15) is 0 Å². The topological polar surface area (TPSA) is 3.24 Å². The van der Waals surface area contributed by atoms with Gasteiger partial charge in [0.25, 0.3) is 6.43 Å². The third kappa shape index (κ3) is 5.00. The Morgan fingerprint density at radius 1 is 1.29 bits per heavy atom. The molecule has 0 unspecified atom stereocenters. The van der Waals surface area contributed by atoms with Gasteiger partial charge in [0, 0.05) is 19.0 Å². The van der Waals surface area contributed by atoms with Gasteiger partial charge in [0.15, 0.2) is 0 Å². The molecule has 1 aromatic rings. The van der Waals surface area contributed by atoms with Crippen molar-refractivity contribution in [2.45, 2.75) is 26.8 Å². The Hall–Kier alpha value is -0.670. The number of alkyl halides is 3. The van der Waals surface area contributed by atoms with Gasteiger partial charge in [0.2, 0.25) is 0 Å². The van der Waals surface area contributed by atoms with Crippen LogP contribution in [-0.2, 0) is 6.54 Å². The largest absolute Gasteiger partial charge is 0.292 e. The van der Waals surface area contributed by atoms with E-state index in [1.807, 2.05) is 32.0 Å². The maximum atomic E-state index is 12.4.